The molecule has 0 radical (unpaired) electrons. The Morgan fingerprint density at radius 2 is 2.05 bits per heavy atom. The van der Waals surface area contributed by atoms with Crippen molar-refractivity contribution in [3.05, 3.63) is 42.0 Å². The van der Waals surface area contributed by atoms with Gasteiger partial charge in [-0.2, -0.15) is 0 Å². The van der Waals surface area contributed by atoms with E-state index in [0.29, 0.717) is 13.1 Å². The summed E-state index contributed by atoms with van der Waals surface area (Å²) in [6.07, 6.45) is 5.15. The number of β-amino-alcohol motifs (C(OH)–C–C–N with tert-alkyl or cyclic N) is 1. The van der Waals surface area contributed by atoms with Crippen LogP contribution in [-0.2, 0) is 4.79 Å². The number of aliphatic hydroxyl groups excluding tert-OH is 1. The smallest absolute Gasteiger partial charge is 0.244 e. The first-order valence-corrected chi connectivity index (χ1v) is 8.05. The van der Waals surface area contributed by atoms with Crippen LogP contribution >= 0.6 is 0 Å². The number of rotatable bonds is 6. The highest BCUT2D eigenvalue weighted by molar-refractivity contribution is 5.91. The third kappa shape index (κ3) is 6.00. The van der Waals surface area contributed by atoms with Gasteiger partial charge in [0.1, 0.15) is 0 Å². The second-order valence-electron chi connectivity index (χ2n) is 6.13. The Labute approximate surface area is 132 Å². The minimum absolute atomic E-state index is 0.171. The van der Waals surface area contributed by atoms with Gasteiger partial charge in [0.15, 0.2) is 0 Å². The average Bonchev–Trinajstić information content (AvgIpc) is 2.54. The second-order valence-corrected chi connectivity index (χ2v) is 6.13. The predicted octanol–water partition coefficient (Wildman–Crippen LogP) is 1.91. The predicted molar refractivity (Wildman–Crippen MR) is 89.3 cm³/mol. The Morgan fingerprint density at radius 3 is 2.73 bits per heavy atom. The highest BCUT2D eigenvalue weighted by Crippen LogP contribution is 2.15. The third-order valence-corrected chi connectivity index (χ3v) is 4.08. The zero-order chi connectivity index (χ0) is 15.8. The van der Waals surface area contributed by atoms with Crippen LogP contribution in [0.1, 0.15) is 25.3 Å². The first-order valence-electron chi connectivity index (χ1n) is 8.05. The zero-order valence-corrected chi connectivity index (χ0v) is 13.2. The van der Waals surface area contributed by atoms with Crippen molar-refractivity contribution in [2.75, 3.05) is 26.2 Å². The number of amides is 1. The van der Waals surface area contributed by atoms with E-state index >= 15 is 0 Å². The fraction of sp³-hybridized carbons (Fsp3) is 0.500. The fourth-order valence-corrected chi connectivity index (χ4v) is 2.62. The number of likely N-dealkylation sites (tertiary alicyclic amines) is 1. The molecule has 120 valence electrons. The van der Waals surface area contributed by atoms with E-state index in [1.165, 1.54) is 18.9 Å². The quantitative estimate of drug-likeness (QED) is 0.789. The van der Waals surface area contributed by atoms with Crippen LogP contribution in [-0.4, -0.2) is 48.2 Å². The van der Waals surface area contributed by atoms with Gasteiger partial charge in [0.25, 0.3) is 0 Å². The van der Waals surface area contributed by atoms with Crippen molar-refractivity contribution in [1.82, 2.24) is 10.2 Å². The van der Waals surface area contributed by atoms with Crippen LogP contribution in [0.15, 0.2) is 36.4 Å². The van der Waals surface area contributed by atoms with Gasteiger partial charge in [-0.15, -0.1) is 0 Å². The summed E-state index contributed by atoms with van der Waals surface area (Å²) in [7, 11) is 0. The summed E-state index contributed by atoms with van der Waals surface area (Å²) in [4.78, 5) is 14.0. The van der Waals surface area contributed by atoms with Gasteiger partial charge in [0.2, 0.25) is 5.91 Å². The van der Waals surface area contributed by atoms with Crippen LogP contribution in [0.5, 0.6) is 0 Å². The van der Waals surface area contributed by atoms with Crippen LogP contribution in [0.2, 0.25) is 0 Å². The van der Waals surface area contributed by atoms with Crippen LogP contribution in [0.3, 0.4) is 0 Å². The summed E-state index contributed by atoms with van der Waals surface area (Å²) in [6, 6.07) is 9.68. The van der Waals surface area contributed by atoms with E-state index in [2.05, 4.69) is 17.1 Å². The fourth-order valence-electron chi connectivity index (χ4n) is 2.62. The molecule has 2 N–H and O–H groups in total. The minimum Gasteiger partial charge on any atom is -0.390 e. The lowest BCUT2D eigenvalue weighted by molar-refractivity contribution is -0.116. The molecule has 1 atom stereocenters. The Balaban J connectivity index is 1.66. The third-order valence-electron chi connectivity index (χ3n) is 4.08. The zero-order valence-electron chi connectivity index (χ0n) is 13.2. The van der Waals surface area contributed by atoms with E-state index in [9.17, 15) is 9.90 Å². The highest BCUT2D eigenvalue weighted by atomic mass is 16.3. The lowest BCUT2D eigenvalue weighted by Crippen LogP contribution is -2.42. The summed E-state index contributed by atoms with van der Waals surface area (Å²) in [5.41, 5.74) is 0.987. The van der Waals surface area contributed by atoms with E-state index in [0.717, 1.165) is 24.6 Å². The molecule has 1 amide bonds. The number of carbonyl (C=O) groups is 1. The van der Waals surface area contributed by atoms with Crippen LogP contribution in [0.25, 0.3) is 6.08 Å². The van der Waals surface area contributed by atoms with Crippen LogP contribution in [0.4, 0.5) is 0 Å². The van der Waals surface area contributed by atoms with Crippen molar-refractivity contribution in [1.29, 1.82) is 0 Å². The van der Waals surface area contributed by atoms with Crippen molar-refractivity contribution in [3.8, 4) is 0 Å². The van der Waals surface area contributed by atoms with Gasteiger partial charge in [-0.1, -0.05) is 37.3 Å². The van der Waals surface area contributed by atoms with E-state index in [1.54, 1.807) is 6.08 Å². The largest absolute Gasteiger partial charge is 0.390 e. The van der Waals surface area contributed by atoms with Crippen LogP contribution in [0, 0.1) is 5.92 Å². The van der Waals surface area contributed by atoms with Gasteiger partial charge in [-0.05, 0) is 43.5 Å². The molecular formula is C18H26N2O2. The average molecular weight is 302 g/mol. The molecule has 1 fully saturated rings. The summed E-state index contributed by atoms with van der Waals surface area (Å²) in [6.45, 7) is 5.28. The SMILES string of the molecule is CC1CCN(CC(O)CNC(=O)/C=C/c2ccccc2)CC1. The lowest BCUT2D eigenvalue weighted by Gasteiger charge is -2.31. The van der Waals surface area contributed by atoms with Gasteiger partial charge < -0.3 is 15.3 Å². The Hall–Kier alpha value is -1.65. The summed E-state index contributed by atoms with van der Waals surface area (Å²) < 4.78 is 0. The van der Waals surface area contributed by atoms with Crippen molar-refractivity contribution >= 4 is 12.0 Å². The standard InChI is InChI=1S/C18H26N2O2/c1-15-9-11-20(12-10-15)14-17(21)13-19-18(22)8-7-16-5-3-2-4-6-16/h2-8,15,17,21H,9-14H2,1H3,(H,19,22)/b8-7+. The molecule has 0 spiro atoms. The Bertz CT molecular complexity index is 479. The molecule has 1 aliphatic heterocycles. The van der Waals surface area contributed by atoms with Gasteiger partial charge in [0, 0.05) is 19.2 Å². The van der Waals surface area contributed by atoms with E-state index in [4.69, 9.17) is 0 Å². The molecule has 0 aromatic heterocycles. The molecule has 1 aromatic rings. The van der Waals surface area contributed by atoms with E-state index in [-0.39, 0.29) is 5.91 Å². The summed E-state index contributed by atoms with van der Waals surface area (Å²) >= 11 is 0. The molecule has 1 aliphatic rings. The number of hydrogen-bond donors (Lipinski definition) is 2. The van der Waals surface area contributed by atoms with Crippen molar-refractivity contribution in [3.63, 3.8) is 0 Å². The summed E-state index contributed by atoms with van der Waals surface area (Å²) in [5.74, 6) is 0.617. The number of aliphatic hydroxyl groups is 1. The molecule has 0 saturated carbocycles. The number of hydrogen-bond acceptors (Lipinski definition) is 3. The molecule has 1 saturated heterocycles. The normalized spacial score (nSPS) is 18.5. The van der Waals surface area contributed by atoms with Crippen molar-refractivity contribution in [2.24, 2.45) is 5.92 Å². The topological polar surface area (TPSA) is 52.6 Å². The number of carbonyl (C=O) groups excluding carboxylic acids is 1. The van der Waals surface area contributed by atoms with E-state index < -0.39 is 6.10 Å². The molecule has 1 heterocycles. The first kappa shape index (κ1) is 16.7. The number of nitrogens with one attached hydrogen (secondary N) is 1. The molecule has 4 heteroatoms. The van der Waals surface area contributed by atoms with Gasteiger partial charge >= 0.3 is 0 Å². The maximum atomic E-state index is 11.7. The molecular weight excluding hydrogens is 276 g/mol. The maximum absolute atomic E-state index is 11.7. The number of piperidine rings is 1. The Kier molecular flexibility index (Phi) is 6.62. The van der Waals surface area contributed by atoms with Crippen molar-refractivity contribution in [2.45, 2.75) is 25.9 Å². The number of benzene rings is 1. The first-order chi connectivity index (χ1) is 10.6. The van der Waals surface area contributed by atoms with E-state index in [1.807, 2.05) is 30.3 Å². The monoisotopic (exact) mass is 302 g/mol. The van der Waals surface area contributed by atoms with Gasteiger partial charge in [0.05, 0.1) is 6.10 Å². The van der Waals surface area contributed by atoms with Gasteiger partial charge in [-0.25, -0.2) is 0 Å². The number of nitrogens with zero attached hydrogens (tertiary/aromatic N) is 1. The molecule has 1 unspecified atom stereocenters. The lowest BCUT2D eigenvalue weighted by atomic mass is 9.99. The molecule has 22 heavy (non-hydrogen) atoms. The Morgan fingerprint density at radius 1 is 1.36 bits per heavy atom. The molecule has 2 rings (SSSR count). The maximum Gasteiger partial charge on any atom is 0.244 e. The highest BCUT2D eigenvalue weighted by Gasteiger charge is 2.18. The van der Waals surface area contributed by atoms with Crippen molar-refractivity contribution < 1.29 is 9.90 Å². The molecule has 4 nitrogen and oxygen atoms in total. The summed E-state index contributed by atoms with van der Waals surface area (Å²) in [5, 5.41) is 12.8. The molecule has 1 aromatic carbocycles. The van der Waals surface area contributed by atoms with Gasteiger partial charge in [-0.3, -0.25) is 4.79 Å². The second kappa shape index (κ2) is 8.71. The molecule has 0 aliphatic carbocycles. The minimum atomic E-state index is -0.512. The molecule has 0 bridgehead atoms. The van der Waals surface area contributed by atoms with Crippen LogP contribution < -0.4 is 5.32 Å².